The Bertz CT molecular complexity index is 897. The van der Waals surface area contributed by atoms with Crippen LogP contribution in [-0.2, 0) is 0 Å². The number of carbonyl (C=O) groups is 1. The van der Waals surface area contributed by atoms with Crippen molar-refractivity contribution >= 4 is 23.0 Å². The molecule has 1 aliphatic rings. The Hall–Kier alpha value is -3.41. The number of ether oxygens (including phenoxy) is 1. The van der Waals surface area contributed by atoms with Crippen LogP contribution in [0.15, 0.2) is 71.3 Å². The van der Waals surface area contributed by atoms with E-state index in [-0.39, 0.29) is 5.91 Å². The summed E-state index contributed by atoms with van der Waals surface area (Å²) in [5.74, 6) is 0.936. The van der Waals surface area contributed by atoms with Gasteiger partial charge in [0.05, 0.1) is 13.4 Å². The lowest BCUT2D eigenvalue weighted by Gasteiger charge is -2.37. The molecule has 1 aromatic heterocycles. The van der Waals surface area contributed by atoms with E-state index in [1.165, 1.54) is 12.0 Å². The molecular formula is C22H23N3O3. The molecule has 0 spiro atoms. The molecular weight excluding hydrogens is 354 g/mol. The smallest absolute Gasteiger partial charge is 0.291 e. The summed E-state index contributed by atoms with van der Waals surface area (Å²) in [6, 6.07) is 19.5. The summed E-state index contributed by atoms with van der Waals surface area (Å²) in [5.41, 5.74) is 3.13. The predicted molar refractivity (Wildman–Crippen MR) is 111 cm³/mol. The minimum Gasteiger partial charge on any atom is -0.497 e. The van der Waals surface area contributed by atoms with Gasteiger partial charge in [-0.3, -0.25) is 4.79 Å². The number of hydrogen-bond donors (Lipinski definition) is 1. The summed E-state index contributed by atoms with van der Waals surface area (Å²) < 4.78 is 10.3. The third-order valence-electron chi connectivity index (χ3n) is 4.95. The van der Waals surface area contributed by atoms with Gasteiger partial charge in [0.25, 0.3) is 5.91 Å². The number of furan rings is 1. The Balaban J connectivity index is 1.33. The molecule has 6 nitrogen and oxygen atoms in total. The van der Waals surface area contributed by atoms with Crippen molar-refractivity contribution in [3.05, 3.63) is 72.7 Å². The normalized spacial score (nSPS) is 14.0. The molecule has 1 fully saturated rings. The fraction of sp³-hybridized carbons (Fsp3) is 0.227. The van der Waals surface area contributed by atoms with Crippen LogP contribution in [0.4, 0.5) is 17.1 Å². The molecule has 1 N–H and O–H groups in total. The molecule has 1 amide bonds. The predicted octanol–water partition coefficient (Wildman–Crippen LogP) is 3.87. The van der Waals surface area contributed by atoms with Crippen molar-refractivity contribution in [2.24, 2.45) is 0 Å². The first-order valence-corrected chi connectivity index (χ1v) is 9.32. The number of hydrogen-bond acceptors (Lipinski definition) is 5. The molecule has 144 valence electrons. The molecule has 3 aromatic rings. The summed E-state index contributed by atoms with van der Waals surface area (Å²) in [5, 5.41) is 2.84. The topological polar surface area (TPSA) is 58.0 Å². The number of carbonyl (C=O) groups excluding carboxylic acids is 1. The second-order valence-electron chi connectivity index (χ2n) is 6.65. The van der Waals surface area contributed by atoms with Gasteiger partial charge in [-0.05, 0) is 60.7 Å². The van der Waals surface area contributed by atoms with E-state index in [0.29, 0.717) is 5.76 Å². The molecule has 6 heteroatoms. The third-order valence-corrected chi connectivity index (χ3v) is 4.95. The number of amides is 1. The summed E-state index contributed by atoms with van der Waals surface area (Å²) in [4.78, 5) is 16.8. The third kappa shape index (κ3) is 3.96. The van der Waals surface area contributed by atoms with E-state index in [9.17, 15) is 4.79 Å². The van der Waals surface area contributed by atoms with Crippen LogP contribution in [0.3, 0.4) is 0 Å². The molecule has 1 saturated heterocycles. The highest BCUT2D eigenvalue weighted by atomic mass is 16.5. The highest BCUT2D eigenvalue weighted by Gasteiger charge is 2.18. The van der Waals surface area contributed by atoms with Gasteiger partial charge in [0, 0.05) is 43.2 Å². The summed E-state index contributed by atoms with van der Waals surface area (Å²) in [6.45, 7) is 3.82. The van der Waals surface area contributed by atoms with Crippen LogP contribution in [-0.4, -0.2) is 39.2 Å². The number of anilines is 3. The van der Waals surface area contributed by atoms with E-state index in [2.05, 4.69) is 27.2 Å². The van der Waals surface area contributed by atoms with Crippen LogP contribution in [0.5, 0.6) is 5.75 Å². The molecule has 0 unspecified atom stereocenters. The van der Waals surface area contributed by atoms with Crippen molar-refractivity contribution < 1.29 is 13.9 Å². The quantitative estimate of drug-likeness (QED) is 0.732. The zero-order chi connectivity index (χ0) is 19.3. The Kier molecular flexibility index (Phi) is 5.19. The second kappa shape index (κ2) is 8.08. The summed E-state index contributed by atoms with van der Waals surface area (Å²) >= 11 is 0. The van der Waals surface area contributed by atoms with Gasteiger partial charge in [0.2, 0.25) is 0 Å². The van der Waals surface area contributed by atoms with Crippen LogP contribution in [0.2, 0.25) is 0 Å². The van der Waals surface area contributed by atoms with Crippen molar-refractivity contribution in [3.8, 4) is 5.75 Å². The maximum atomic E-state index is 12.0. The van der Waals surface area contributed by atoms with Gasteiger partial charge in [-0.15, -0.1) is 0 Å². The van der Waals surface area contributed by atoms with Crippen molar-refractivity contribution in [2.75, 3.05) is 48.4 Å². The Morgan fingerprint density at radius 1 is 0.893 bits per heavy atom. The van der Waals surface area contributed by atoms with Gasteiger partial charge in [-0.25, -0.2) is 0 Å². The van der Waals surface area contributed by atoms with Crippen LogP contribution in [0.25, 0.3) is 0 Å². The van der Waals surface area contributed by atoms with E-state index in [1.807, 2.05) is 36.4 Å². The molecule has 2 aromatic carbocycles. The highest BCUT2D eigenvalue weighted by molar-refractivity contribution is 6.02. The number of nitrogens with one attached hydrogen (secondary N) is 1. The Morgan fingerprint density at radius 3 is 1.96 bits per heavy atom. The molecule has 1 aliphatic heterocycles. The van der Waals surface area contributed by atoms with Crippen LogP contribution >= 0.6 is 0 Å². The maximum absolute atomic E-state index is 12.0. The van der Waals surface area contributed by atoms with Crippen molar-refractivity contribution in [1.29, 1.82) is 0 Å². The van der Waals surface area contributed by atoms with E-state index >= 15 is 0 Å². The number of rotatable bonds is 5. The number of piperazine rings is 1. The average Bonchev–Trinajstić information content (AvgIpc) is 3.30. The summed E-state index contributed by atoms with van der Waals surface area (Å²) in [6.07, 6.45) is 1.49. The Morgan fingerprint density at radius 2 is 1.46 bits per heavy atom. The van der Waals surface area contributed by atoms with Gasteiger partial charge in [0.1, 0.15) is 5.75 Å². The van der Waals surface area contributed by atoms with E-state index < -0.39 is 0 Å². The SMILES string of the molecule is COc1ccc(N2CCN(c3ccc(NC(=O)c4ccco4)cc3)CC2)cc1. The number of benzene rings is 2. The molecule has 0 aliphatic carbocycles. The molecule has 0 saturated carbocycles. The zero-order valence-corrected chi connectivity index (χ0v) is 15.8. The molecule has 0 atom stereocenters. The van der Waals surface area contributed by atoms with Crippen LogP contribution in [0.1, 0.15) is 10.6 Å². The molecule has 4 rings (SSSR count). The maximum Gasteiger partial charge on any atom is 0.291 e. The standard InChI is InChI=1S/C22H23N3O3/c1-27-20-10-8-19(9-11-20)25-14-12-24(13-15-25)18-6-4-17(5-7-18)23-22(26)21-3-2-16-28-21/h2-11,16H,12-15H2,1H3,(H,23,26). The van der Waals surface area contributed by atoms with Crippen molar-refractivity contribution in [3.63, 3.8) is 0 Å². The van der Waals surface area contributed by atoms with Gasteiger partial charge >= 0.3 is 0 Å². The first kappa shape index (κ1) is 18.0. The summed E-state index contributed by atoms with van der Waals surface area (Å²) in [7, 11) is 1.68. The second-order valence-corrected chi connectivity index (χ2v) is 6.65. The average molecular weight is 377 g/mol. The largest absolute Gasteiger partial charge is 0.497 e. The van der Waals surface area contributed by atoms with Gasteiger partial charge in [0.15, 0.2) is 5.76 Å². The van der Waals surface area contributed by atoms with E-state index in [0.717, 1.165) is 43.3 Å². The van der Waals surface area contributed by atoms with Crippen molar-refractivity contribution in [1.82, 2.24) is 0 Å². The minimum atomic E-state index is -0.245. The van der Waals surface area contributed by atoms with E-state index in [4.69, 9.17) is 9.15 Å². The Labute approximate surface area is 164 Å². The first-order chi connectivity index (χ1) is 13.7. The molecule has 0 radical (unpaired) electrons. The molecule has 2 heterocycles. The van der Waals surface area contributed by atoms with Gasteiger partial charge < -0.3 is 24.3 Å². The zero-order valence-electron chi connectivity index (χ0n) is 15.8. The van der Waals surface area contributed by atoms with Crippen LogP contribution in [0, 0.1) is 0 Å². The van der Waals surface area contributed by atoms with Gasteiger partial charge in [-0.2, -0.15) is 0 Å². The molecule has 28 heavy (non-hydrogen) atoms. The fourth-order valence-corrected chi connectivity index (χ4v) is 3.37. The van der Waals surface area contributed by atoms with Gasteiger partial charge in [-0.1, -0.05) is 0 Å². The number of methoxy groups -OCH3 is 1. The number of nitrogens with zero attached hydrogens (tertiary/aromatic N) is 2. The minimum absolute atomic E-state index is 0.245. The molecule has 0 bridgehead atoms. The van der Waals surface area contributed by atoms with Crippen LogP contribution < -0.4 is 19.9 Å². The first-order valence-electron chi connectivity index (χ1n) is 9.32. The van der Waals surface area contributed by atoms with E-state index in [1.54, 1.807) is 19.2 Å². The highest BCUT2D eigenvalue weighted by Crippen LogP contribution is 2.24. The monoisotopic (exact) mass is 377 g/mol. The lowest BCUT2D eigenvalue weighted by molar-refractivity contribution is 0.0996. The lowest BCUT2D eigenvalue weighted by Crippen LogP contribution is -2.46. The fourth-order valence-electron chi connectivity index (χ4n) is 3.37. The lowest BCUT2D eigenvalue weighted by atomic mass is 10.2. The van der Waals surface area contributed by atoms with Crippen molar-refractivity contribution in [2.45, 2.75) is 0 Å².